The molecule has 0 N–H and O–H groups in total. The first-order valence-electron chi connectivity index (χ1n) is 5.49. The summed E-state index contributed by atoms with van der Waals surface area (Å²) < 4.78 is 0. The molecule has 0 unspecified atom stereocenters. The van der Waals surface area contributed by atoms with Crippen molar-refractivity contribution in [3.05, 3.63) is 38.9 Å². The smallest absolute Gasteiger partial charge is 0.283 e. The molecular formula is C12H14Cl2N2O3. The molecule has 1 aromatic rings. The summed E-state index contributed by atoms with van der Waals surface area (Å²) in [5.41, 5.74) is -0.920. The minimum absolute atomic E-state index is 0.00454. The van der Waals surface area contributed by atoms with Crippen molar-refractivity contribution in [1.29, 1.82) is 0 Å². The van der Waals surface area contributed by atoms with Crippen LogP contribution in [-0.4, -0.2) is 34.2 Å². The minimum atomic E-state index is -0.624. The standard InChI is InChI=1S/C12H14Cl2N2O3/c1-12(2,7-13)15(3)11(17)9-5-4-8(14)6-10(9)16(18)19/h4-6H,7H2,1-3H3. The maximum Gasteiger partial charge on any atom is 0.283 e. The zero-order chi connectivity index (χ0) is 14.8. The van der Waals surface area contributed by atoms with Gasteiger partial charge in [0.1, 0.15) is 5.56 Å². The quantitative estimate of drug-likeness (QED) is 0.487. The normalized spacial score (nSPS) is 11.2. The third kappa shape index (κ3) is 3.36. The van der Waals surface area contributed by atoms with Gasteiger partial charge in [0.2, 0.25) is 0 Å². The largest absolute Gasteiger partial charge is 0.335 e. The lowest BCUT2D eigenvalue weighted by molar-refractivity contribution is -0.385. The van der Waals surface area contributed by atoms with Crippen molar-refractivity contribution in [2.45, 2.75) is 19.4 Å². The lowest BCUT2D eigenvalue weighted by Gasteiger charge is -2.33. The number of carbonyl (C=O) groups is 1. The van der Waals surface area contributed by atoms with Crippen molar-refractivity contribution in [2.24, 2.45) is 0 Å². The number of nitrogens with zero attached hydrogens (tertiary/aromatic N) is 2. The number of nitro benzene ring substituents is 1. The molecule has 0 spiro atoms. The average Bonchev–Trinajstić information content (AvgIpc) is 2.36. The maximum atomic E-state index is 12.3. The SMILES string of the molecule is CN(C(=O)c1ccc(Cl)cc1[N+](=O)[O-])C(C)(C)CCl. The number of nitro groups is 1. The van der Waals surface area contributed by atoms with E-state index >= 15 is 0 Å². The number of halogens is 2. The fourth-order valence-electron chi connectivity index (χ4n) is 1.38. The summed E-state index contributed by atoms with van der Waals surface area (Å²) in [6.45, 7) is 3.55. The molecule has 0 saturated heterocycles. The molecule has 0 saturated carbocycles. The molecule has 0 radical (unpaired) electrons. The van der Waals surface area contributed by atoms with E-state index < -0.39 is 16.4 Å². The second-order valence-electron chi connectivity index (χ2n) is 4.73. The van der Waals surface area contributed by atoms with E-state index in [1.165, 1.54) is 17.0 Å². The van der Waals surface area contributed by atoms with Crippen LogP contribution in [0.3, 0.4) is 0 Å². The van der Waals surface area contributed by atoms with Crippen LogP contribution in [0.1, 0.15) is 24.2 Å². The third-order valence-corrected chi connectivity index (χ3v) is 3.82. The zero-order valence-corrected chi connectivity index (χ0v) is 12.3. The second-order valence-corrected chi connectivity index (χ2v) is 5.43. The van der Waals surface area contributed by atoms with Crippen molar-refractivity contribution < 1.29 is 9.72 Å². The van der Waals surface area contributed by atoms with Crippen LogP contribution in [0.25, 0.3) is 0 Å². The van der Waals surface area contributed by atoms with Crippen molar-refractivity contribution in [3.63, 3.8) is 0 Å². The summed E-state index contributed by atoms with van der Waals surface area (Å²) in [5.74, 6) is -0.245. The monoisotopic (exact) mass is 304 g/mol. The zero-order valence-electron chi connectivity index (χ0n) is 10.8. The molecule has 0 aliphatic carbocycles. The molecule has 5 nitrogen and oxygen atoms in total. The summed E-state index contributed by atoms with van der Waals surface area (Å²) in [4.78, 5) is 24.0. The number of benzene rings is 1. The first-order valence-corrected chi connectivity index (χ1v) is 6.40. The first kappa shape index (κ1) is 15.7. The van der Waals surface area contributed by atoms with E-state index in [2.05, 4.69) is 0 Å². The van der Waals surface area contributed by atoms with Gasteiger partial charge >= 0.3 is 0 Å². The molecule has 19 heavy (non-hydrogen) atoms. The van der Waals surface area contributed by atoms with Gasteiger partial charge in [-0.25, -0.2) is 0 Å². The Bertz CT molecular complexity index is 518. The summed E-state index contributed by atoms with van der Waals surface area (Å²) in [7, 11) is 1.56. The number of rotatable bonds is 4. The molecule has 7 heteroatoms. The van der Waals surface area contributed by atoms with Crippen LogP contribution in [0.4, 0.5) is 5.69 Å². The van der Waals surface area contributed by atoms with Crippen LogP contribution in [0.2, 0.25) is 5.02 Å². The van der Waals surface area contributed by atoms with E-state index in [1.54, 1.807) is 20.9 Å². The first-order chi connectivity index (χ1) is 8.70. The predicted molar refractivity (Wildman–Crippen MR) is 75.0 cm³/mol. The van der Waals surface area contributed by atoms with E-state index in [9.17, 15) is 14.9 Å². The third-order valence-electron chi connectivity index (χ3n) is 2.93. The summed E-state index contributed by atoms with van der Waals surface area (Å²) in [6.07, 6.45) is 0. The van der Waals surface area contributed by atoms with Crippen LogP contribution in [-0.2, 0) is 0 Å². The molecule has 0 bridgehead atoms. The summed E-state index contributed by atoms with van der Waals surface area (Å²) in [5, 5.41) is 11.2. The van der Waals surface area contributed by atoms with Gasteiger partial charge in [-0.15, -0.1) is 11.6 Å². The highest BCUT2D eigenvalue weighted by molar-refractivity contribution is 6.31. The van der Waals surface area contributed by atoms with Gasteiger partial charge in [0.15, 0.2) is 0 Å². The lowest BCUT2D eigenvalue weighted by Crippen LogP contribution is -2.46. The minimum Gasteiger partial charge on any atom is -0.335 e. The Labute approximate surface area is 121 Å². The van der Waals surface area contributed by atoms with Crippen molar-refractivity contribution >= 4 is 34.8 Å². The van der Waals surface area contributed by atoms with E-state index in [0.29, 0.717) is 0 Å². The van der Waals surface area contributed by atoms with Gasteiger partial charge in [-0.3, -0.25) is 14.9 Å². The fraction of sp³-hybridized carbons (Fsp3) is 0.417. The Morgan fingerprint density at radius 1 is 1.47 bits per heavy atom. The highest BCUT2D eigenvalue weighted by atomic mass is 35.5. The predicted octanol–water partition coefficient (Wildman–Crippen LogP) is 3.34. The van der Waals surface area contributed by atoms with Gasteiger partial charge in [-0.1, -0.05) is 11.6 Å². The van der Waals surface area contributed by atoms with Crippen molar-refractivity contribution in [1.82, 2.24) is 4.90 Å². The molecule has 0 atom stereocenters. The van der Waals surface area contributed by atoms with Gasteiger partial charge in [-0.05, 0) is 26.0 Å². The van der Waals surface area contributed by atoms with Crippen LogP contribution >= 0.6 is 23.2 Å². The van der Waals surface area contributed by atoms with E-state index in [-0.39, 0.29) is 22.2 Å². The Morgan fingerprint density at radius 2 is 2.05 bits per heavy atom. The molecule has 104 valence electrons. The van der Waals surface area contributed by atoms with Crippen LogP contribution in [0.15, 0.2) is 18.2 Å². The second kappa shape index (κ2) is 5.75. The lowest BCUT2D eigenvalue weighted by atomic mass is 10.0. The molecule has 1 amide bonds. The van der Waals surface area contributed by atoms with Gasteiger partial charge in [0.05, 0.1) is 10.5 Å². The molecule has 0 aliphatic heterocycles. The van der Waals surface area contributed by atoms with Gasteiger partial charge in [-0.2, -0.15) is 0 Å². The van der Waals surface area contributed by atoms with E-state index in [4.69, 9.17) is 23.2 Å². The molecule has 0 fully saturated rings. The van der Waals surface area contributed by atoms with Gasteiger partial charge in [0, 0.05) is 24.0 Å². The number of carbonyl (C=O) groups excluding carboxylic acids is 1. The van der Waals surface area contributed by atoms with Crippen molar-refractivity contribution in [2.75, 3.05) is 12.9 Å². The molecular weight excluding hydrogens is 291 g/mol. The Balaban J connectivity index is 3.24. The maximum absolute atomic E-state index is 12.3. The molecule has 0 aliphatic rings. The van der Waals surface area contributed by atoms with Gasteiger partial charge in [0.25, 0.3) is 11.6 Å². The topological polar surface area (TPSA) is 63.5 Å². The molecule has 0 heterocycles. The fourth-order valence-corrected chi connectivity index (χ4v) is 1.73. The highest BCUT2D eigenvalue weighted by Gasteiger charge is 2.31. The summed E-state index contributed by atoms with van der Waals surface area (Å²) >= 11 is 11.5. The summed E-state index contributed by atoms with van der Waals surface area (Å²) in [6, 6.07) is 3.96. The van der Waals surface area contributed by atoms with Crippen molar-refractivity contribution in [3.8, 4) is 0 Å². The van der Waals surface area contributed by atoms with E-state index in [1.807, 2.05) is 0 Å². The van der Waals surface area contributed by atoms with Crippen LogP contribution in [0.5, 0.6) is 0 Å². The average molecular weight is 305 g/mol. The van der Waals surface area contributed by atoms with Crippen LogP contribution < -0.4 is 0 Å². The number of alkyl halides is 1. The molecule has 1 aromatic carbocycles. The number of amides is 1. The molecule has 0 aromatic heterocycles. The van der Waals surface area contributed by atoms with E-state index in [0.717, 1.165) is 6.07 Å². The number of hydrogen-bond donors (Lipinski definition) is 0. The Hall–Kier alpha value is -1.33. The number of hydrogen-bond acceptors (Lipinski definition) is 3. The Kier molecular flexibility index (Phi) is 4.76. The molecule has 1 rings (SSSR count). The highest BCUT2D eigenvalue weighted by Crippen LogP contribution is 2.26. The van der Waals surface area contributed by atoms with Gasteiger partial charge < -0.3 is 4.90 Å². The Morgan fingerprint density at radius 3 is 2.53 bits per heavy atom. The van der Waals surface area contributed by atoms with Crippen LogP contribution in [0, 0.1) is 10.1 Å².